The maximum Gasteiger partial charge on any atom is 0.0230 e. The zero-order valence-corrected chi connectivity index (χ0v) is 9.88. The van der Waals surface area contributed by atoms with Crippen molar-refractivity contribution in [2.75, 3.05) is 0 Å². The minimum atomic E-state index is 0.174. The van der Waals surface area contributed by atoms with Gasteiger partial charge in [0.2, 0.25) is 0 Å². The van der Waals surface area contributed by atoms with Crippen molar-refractivity contribution in [3.8, 4) is 0 Å². The summed E-state index contributed by atoms with van der Waals surface area (Å²) in [7, 11) is 0. The number of nitrogens with one attached hydrogen (secondary N) is 1. The number of allylic oxidation sites excluding steroid dienone is 6. The van der Waals surface area contributed by atoms with E-state index in [4.69, 9.17) is 0 Å². The molecule has 0 bridgehead atoms. The van der Waals surface area contributed by atoms with Crippen LogP contribution in [0.1, 0.15) is 31.5 Å². The molecule has 16 heavy (non-hydrogen) atoms. The Morgan fingerprint density at radius 1 is 1.12 bits per heavy atom. The summed E-state index contributed by atoms with van der Waals surface area (Å²) in [4.78, 5) is 3.34. The molecule has 0 saturated carbocycles. The Balaban J connectivity index is 2.14. The summed E-state index contributed by atoms with van der Waals surface area (Å²) in [5.74, 6) is 0. The summed E-state index contributed by atoms with van der Waals surface area (Å²) in [5, 5.41) is 0. The van der Waals surface area contributed by atoms with Crippen LogP contribution in [0, 0.1) is 5.41 Å². The van der Waals surface area contributed by atoms with Gasteiger partial charge in [-0.3, -0.25) is 0 Å². The molecule has 0 radical (unpaired) electrons. The molecule has 0 spiro atoms. The lowest BCUT2D eigenvalue weighted by molar-refractivity contribution is 0.627. The maximum absolute atomic E-state index is 3.34. The van der Waals surface area contributed by atoms with Crippen LogP contribution in [0.5, 0.6) is 0 Å². The Kier molecular flexibility index (Phi) is 1.97. The Morgan fingerprint density at radius 3 is 2.81 bits per heavy atom. The Bertz CT molecular complexity index is 509. The van der Waals surface area contributed by atoms with Crippen molar-refractivity contribution in [3.05, 3.63) is 53.4 Å². The van der Waals surface area contributed by atoms with Crippen LogP contribution in [-0.4, -0.2) is 4.98 Å². The molecule has 0 atom stereocenters. The van der Waals surface area contributed by atoms with Crippen molar-refractivity contribution >= 4 is 5.57 Å². The van der Waals surface area contributed by atoms with Crippen molar-refractivity contribution in [1.82, 2.24) is 4.98 Å². The van der Waals surface area contributed by atoms with Gasteiger partial charge in [-0.1, -0.05) is 38.2 Å². The lowest BCUT2D eigenvalue weighted by Gasteiger charge is -2.15. The van der Waals surface area contributed by atoms with Crippen molar-refractivity contribution in [1.29, 1.82) is 0 Å². The van der Waals surface area contributed by atoms with Gasteiger partial charge < -0.3 is 4.98 Å². The molecule has 0 fully saturated rings. The highest BCUT2D eigenvalue weighted by molar-refractivity contribution is 5.82. The van der Waals surface area contributed by atoms with Gasteiger partial charge >= 0.3 is 0 Å². The fourth-order valence-electron chi connectivity index (χ4n) is 2.47. The van der Waals surface area contributed by atoms with E-state index in [-0.39, 0.29) is 5.41 Å². The molecule has 1 heteroatoms. The second kappa shape index (κ2) is 3.24. The van der Waals surface area contributed by atoms with E-state index in [9.17, 15) is 0 Å². The van der Waals surface area contributed by atoms with Gasteiger partial charge in [0.05, 0.1) is 0 Å². The lowest BCUT2D eigenvalue weighted by atomic mass is 9.90. The topological polar surface area (TPSA) is 15.8 Å². The van der Waals surface area contributed by atoms with Crippen LogP contribution in [-0.2, 0) is 6.42 Å². The largest absolute Gasteiger partial charge is 0.364 e. The molecule has 1 N–H and O–H groups in total. The number of aryl methyl sites for hydroxylation is 1. The lowest BCUT2D eigenvalue weighted by Crippen LogP contribution is -2.00. The second-order valence-electron chi connectivity index (χ2n) is 5.30. The Hall–Kier alpha value is -1.50. The van der Waals surface area contributed by atoms with E-state index in [1.54, 1.807) is 0 Å². The first-order valence-electron chi connectivity index (χ1n) is 5.94. The average Bonchev–Trinajstić information content (AvgIpc) is 2.66. The molecule has 0 amide bonds. The highest BCUT2D eigenvalue weighted by atomic mass is 14.7. The number of H-pyrrole nitrogens is 1. The Morgan fingerprint density at radius 2 is 1.94 bits per heavy atom. The number of aromatic nitrogens is 1. The summed E-state index contributed by atoms with van der Waals surface area (Å²) in [6, 6.07) is 2.19. The monoisotopic (exact) mass is 211 g/mol. The number of aromatic amines is 1. The zero-order chi connectivity index (χ0) is 11.2. The van der Waals surface area contributed by atoms with Gasteiger partial charge in [-0.15, -0.1) is 0 Å². The summed E-state index contributed by atoms with van der Waals surface area (Å²) in [6.07, 6.45) is 13.6. The van der Waals surface area contributed by atoms with E-state index in [0.717, 1.165) is 12.8 Å². The molecule has 1 nitrogen and oxygen atoms in total. The molecule has 0 aromatic carbocycles. The first kappa shape index (κ1) is 9.71. The Labute approximate surface area is 96.6 Å². The van der Waals surface area contributed by atoms with Gasteiger partial charge in [0.25, 0.3) is 0 Å². The third kappa shape index (κ3) is 1.47. The number of hydrogen-bond acceptors (Lipinski definition) is 0. The molecular weight excluding hydrogens is 194 g/mol. The van der Waals surface area contributed by atoms with Crippen LogP contribution in [0.25, 0.3) is 5.57 Å². The van der Waals surface area contributed by atoms with Gasteiger partial charge in [0.15, 0.2) is 0 Å². The summed E-state index contributed by atoms with van der Waals surface area (Å²) in [5.41, 5.74) is 5.84. The van der Waals surface area contributed by atoms with Gasteiger partial charge in [-0.25, -0.2) is 0 Å². The van der Waals surface area contributed by atoms with Gasteiger partial charge in [0, 0.05) is 22.9 Å². The zero-order valence-electron chi connectivity index (χ0n) is 9.88. The van der Waals surface area contributed by atoms with Crippen LogP contribution in [0.3, 0.4) is 0 Å². The van der Waals surface area contributed by atoms with Crippen LogP contribution in [0.2, 0.25) is 0 Å². The predicted molar refractivity (Wildman–Crippen MR) is 68.1 cm³/mol. The van der Waals surface area contributed by atoms with E-state index in [1.807, 2.05) is 6.20 Å². The van der Waals surface area contributed by atoms with Crippen molar-refractivity contribution in [3.63, 3.8) is 0 Å². The van der Waals surface area contributed by atoms with Gasteiger partial charge in [0.1, 0.15) is 0 Å². The fraction of sp³-hybridized carbons (Fsp3) is 0.333. The SMILES string of the molecule is CC1(C)C=CC2=C(C=C1)c1cc[nH]c1CC2. The highest BCUT2D eigenvalue weighted by Gasteiger charge is 2.20. The molecule has 82 valence electrons. The molecule has 2 aliphatic rings. The van der Waals surface area contributed by atoms with Crippen LogP contribution >= 0.6 is 0 Å². The summed E-state index contributed by atoms with van der Waals surface area (Å²) >= 11 is 0. The summed E-state index contributed by atoms with van der Waals surface area (Å²) in [6.45, 7) is 4.49. The van der Waals surface area contributed by atoms with Gasteiger partial charge in [-0.05, 0) is 30.1 Å². The number of hydrogen-bond donors (Lipinski definition) is 1. The molecule has 1 heterocycles. The third-order valence-electron chi connectivity index (χ3n) is 3.51. The van der Waals surface area contributed by atoms with E-state index in [0.29, 0.717) is 0 Å². The normalized spacial score (nSPS) is 21.6. The first-order valence-corrected chi connectivity index (χ1v) is 5.94. The molecule has 3 rings (SSSR count). The maximum atomic E-state index is 3.34. The van der Waals surface area contributed by atoms with Crippen molar-refractivity contribution < 1.29 is 0 Å². The third-order valence-corrected chi connectivity index (χ3v) is 3.51. The molecule has 0 aliphatic heterocycles. The number of rotatable bonds is 0. The van der Waals surface area contributed by atoms with Crippen molar-refractivity contribution in [2.45, 2.75) is 26.7 Å². The average molecular weight is 211 g/mol. The second-order valence-corrected chi connectivity index (χ2v) is 5.30. The number of fused-ring (bicyclic) bond motifs is 2. The molecule has 1 aromatic heterocycles. The van der Waals surface area contributed by atoms with Crippen molar-refractivity contribution in [2.24, 2.45) is 5.41 Å². The van der Waals surface area contributed by atoms with E-state index in [1.165, 1.54) is 22.4 Å². The van der Waals surface area contributed by atoms with Crippen LogP contribution in [0.4, 0.5) is 0 Å². The molecule has 0 unspecified atom stereocenters. The van der Waals surface area contributed by atoms with Gasteiger partial charge in [-0.2, -0.15) is 0 Å². The highest BCUT2D eigenvalue weighted by Crippen LogP contribution is 2.36. The molecule has 0 saturated heterocycles. The minimum Gasteiger partial charge on any atom is -0.364 e. The van der Waals surface area contributed by atoms with E-state index < -0.39 is 0 Å². The quantitative estimate of drug-likeness (QED) is 0.670. The molecule has 1 aromatic rings. The summed E-state index contributed by atoms with van der Waals surface area (Å²) < 4.78 is 0. The predicted octanol–water partition coefficient (Wildman–Crippen LogP) is 3.87. The van der Waals surface area contributed by atoms with E-state index in [2.05, 4.69) is 49.2 Å². The fourth-order valence-corrected chi connectivity index (χ4v) is 2.47. The van der Waals surface area contributed by atoms with Crippen LogP contribution in [0.15, 0.2) is 42.1 Å². The van der Waals surface area contributed by atoms with E-state index >= 15 is 0 Å². The molecule has 2 aliphatic carbocycles. The minimum absolute atomic E-state index is 0.174. The standard InChI is InChI=1S/C15H17N/c1-15(2)8-5-11-3-4-14-13(7-10-16-14)12(11)6-9-15/h5-10,16H,3-4H2,1-2H3. The first-order chi connectivity index (χ1) is 7.66. The van der Waals surface area contributed by atoms with Crippen LogP contribution < -0.4 is 0 Å². The molecular formula is C15H17N. The smallest absolute Gasteiger partial charge is 0.0230 e.